The van der Waals surface area contributed by atoms with Crippen LogP contribution in [0.15, 0.2) is 59.8 Å². The van der Waals surface area contributed by atoms with E-state index < -0.39 is 0 Å². The molecule has 2 aromatic carbocycles. The predicted octanol–water partition coefficient (Wildman–Crippen LogP) is 5.10. The summed E-state index contributed by atoms with van der Waals surface area (Å²) in [6, 6.07) is 18.4. The van der Waals surface area contributed by atoms with Crippen molar-refractivity contribution in [2.75, 3.05) is 13.7 Å². The van der Waals surface area contributed by atoms with E-state index in [1.807, 2.05) is 54.0 Å². The molecule has 1 amide bonds. The number of amides is 1. The van der Waals surface area contributed by atoms with Gasteiger partial charge in [-0.05, 0) is 31.4 Å². The van der Waals surface area contributed by atoms with Crippen molar-refractivity contribution in [2.24, 2.45) is 0 Å². The molecule has 1 fully saturated rings. The molecule has 0 bridgehead atoms. The van der Waals surface area contributed by atoms with E-state index in [0.29, 0.717) is 30.2 Å². The Labute approximate surface area is 211 Å². The molecular weight excluding hydrogens is 460 g/mol. The number of ether oxygens (including phenoxy) is 2. The number of nitrogens with one attached hydrogen (secondary N) is 1. The number of carbonyl (C=O) groups excluding carboxylic acids is 1. The molecule has 1 saturated carbocycles. The van der Waals surface area contributed by atoms with E-state index >= 15 is 0 Å². The van der Waals surface area contributed by atoms with Crippen LogP contribution in [0.1, 0.15) is 44.9 Å². The molecule has 1 aliphatic carbocycles. The number of hydrogen-bond donors (Lipinski definition) is 1. The largest absolute Gasteiger partial charge is 0.485 e. The Morgan fingerprint density at radius 1 is 1.09 bits per heavy atom. The fourth-order valence-electron chi connectivity index (χ4n) is 4.29. The molecule has 1 atom stereocenters. The fourth-order valence-corrected chi connectivity index (χ4v) is 5.19. The number of nitrogens with zero attached hydrogens (tertiary/aromatic N) is 3. The first-order chi connectivity index (χ1) is 17.2. The summed E-state index contributed by atoms with van der Waals surface area (Å²) in [7, 11) is 1.67. The van der Waals surface area contributed by atoms with Gasteiger partial charge in [0, 0.05) is 25.3 Å². The highest BCUT2D eigenvalue weighted by atomic mass is 32.2. The van der Waals surface area contributed by atoms with Crippen LogP contribution in [0.2, 0.25) is 0 Å². The summed E-state index contributed by atoms with van der Waals surface area (Å²) >= 11 is 1.43. The monoisotopic (exact) mass is 494 g/mol. The van der Waals surface area contributed by atoms with Crippen molar-refractivity contribution in [1.29, 1.82) is 0 Å². The Morgan fingerprint density at radius 3 is 2.60 bits per heavy atom. The minimum absolute atomic E-state index is 0.0535. The van der Waals surface area contributed by atoms with E-state index in [2.05, 4.69) is 27.6 Å². The molecule has 3 aromatic rings. The van der Waals surface area contributed by atoms with Gasteiger partial charge in [-0.3, -0.25) is 4.79 Å². The van der Waals surface area contributed by atoms with Crippen LogP contribution in [0.3, 0.4) is 0 Å². The fraction of sp³-hybridized carbons (Fsp3) is 0.444. The minimum atomic E-state index is -0.269. The molecule has 1 aromatic heterocycles. The third-order valence-corrected chi connectivity index (χ3v) is 7.32. The van der Waals surface area contributed by atoms with Crippen LogP contribution in [-0.2, 0) is 22.7 Å². The van der Waals surface area contributed by atoms with Crippen molar-refractivity contribution in [1.82, 2.24) is 20.1 Å². The summed E-state index contributed by atoms with van der Waals surface area (Å²) < 4.78 is 13.5. The Balaban J connectivity index is 1.45. The molecule has 35 heavy (non-hydrogen) atoms. The summed E-state index contributed by atoms with van der Waals surface area (Å²) in [5.74, 6) is 1.54. The number of benzene rings is 2. The normalized spacial score (nSPS) is 15.0. The SMILES string of the molecule is COCCn1c(COc2ccccc2-c2ccccc2)nnc1SC(C)C(=O)NC1CCCCC1. The van der Waals surface area contributed by atoms with Gasteiger partial charge in [-0.15, -0.1) is 10.2 Å². The molecule has 0 aliphatic heterocycles. The van der Waals surface area contributed by atoms with Crippen LogP contribution in [0.25, 0.3) is 11.1 Å². The van der Waals surface area contributed by atoms with Gasteiger partial charge in [-0.2, -0.15) is 0 Å². The molecule has 4 rings (SSSR count). The van der Waals surface area contributed by atoms with E-state index in [0.717, 1.165) is 29.7 Å². The van der Waals surface area contributed by atoms with Gasteiger partial charge in [-0.1, -0.05) is 79.6 Å². The Morgan fingerprint density at radius 2 is 1.83 bits per heavy atom. The van der Waals surface area contributed by atoms with Crippen LogP contribution in [0, 0.1) is 0 Å². The van der Waals surface area contributed by atoms with Crippen LogP contribution < -0.4 is 10.1 Å². The maximum atomic E-state index is 12.8. The molecule has 1 unspecified atom stereocenters. The summed E-state index contributed by atoms with van der Waals surface area (Å²) in [4.78, 5) is 12.8. The van der Waals surface area contributed by atoms with Crippen LogP contribution in [0.4, 0.5) is 0 Å². The number of aromatic nitrogens is 3. The van der Waals surface area contributed by atoms with Crippen molar-refractivity contribution >= 4 is 17.7 Å². The summed E-state index contributed by atoms with van der Waals surface area (Å²) in [5, 5.41) is 12.4. The van der Waals surface area contributed by atoms with Gasteiger partial charge in [-0.25, -0.2) is 0 Å². The molecular formula is C27H34N4O3S. The van der Waals surface area contributed by atoms with Crippen molar-refractivity contribution in [2.45, 2.75) is 68.6 Å². The van der Waals surface area contributed by atoms with Gasteiger partial charge >= 0.3 is 0 Å². The quantitative estimate of drug-likeness (QED) is 0.374. The Bertz CT molecular complexity index is 1080. The van der Waals surface area contributed by atoms with Crippen molar-refractivity contribution in [3.05, 3.63) is 60.4 Å². The number of thioether (sulfide) groups is 1. The molecule has 7 nitrogen and oxygen atoms in total. The topological polar surface area (TPSA) is 78.3 Å². The minimum Gasteiger partial charge on any atom is -0.485 e. The van der Waals surface area contributed by atoms with Gasteiger partial charge < -0.3 is 19.4 Å². The summed E-state index contributed by atoms with van der Waals surface area (Å²) in [6.07, 6.45) is 5.78. The van der Waals surface area contributed by atoms with E-state index in [1.165, 1.54) is 31.0 Å². The standard InChI is InChI=1S/C27H34N4O3S/c1-20(26(32)28-22-13-7-4-8-14-22)35-27-30-29-25(31(27)17-18-33-2)19-34-24-16-10-9-15-23(24)21-11-5-3-6-12-21/h3,5-6,9-12,15-16,20,22H,4,7-8,13-14,17-19H2,1-2H3,(H,28,32). The summed E-state index contributed by atoms with van der Waals surface area (Å²) in [6.45, 7) is 3.29. The highest BCUT2D eigenvalue weighted by Gasteiger charge is 2.23. The van der Waals surface area contributed by atoms with E-state index in [1.54, 1.807) is 7.11 Å². The number of rotatable bonds is 11. The Hall–Kier alpha value is -2.84. The van der Waals surface area contributed by atoms with Crippen molar-refractivity contribution in [3.8, 4) is 16.9 Å². The van der Waals surface area contributed by atoms with Crippen LogP contribution >= 0.6 is 11.8 Å². The highest BCUT2D eigenvalue weighted by molar-refractivity contribution is 8.00. The number of carbonyl (C=O) groups is 1. The molecule has 1 aliphatic rings. The molecule has 8 heteroatoms. The maximum absolute atomic E-state index is 12.8. The van der Waals surface area contributed by atoms with Crippen LogP contribution in [0.5, 0.6) is 5.75 Å². The molecule has 1 N–H and O–H groups in total. The molecule has 1 heterocycles. The molecule has 0 saturated heterocycles. The lowest BCUT2D eigenvalue weighted by Crippen LogP contribution is -2.40. The average molecular weight is 495 g/mol. The predicted molar refractivity (Wildman–Crippen MR) is 138 cm³/mol. The smallest absolute Gasteiger partial charge is 0.233 e. The highest BCUT2D eigenvalue weighted by Crippen LogP contribution is 2.30. The number of hydrogen-bond acceptors (Lipinski definition) is 6. The second-order valence-electron chi connectivity index (χ2n) is 8.80. The second-order valence-corrected chi connectivity index (χ2v) is 10.1. The molecule has 186 valence electrons. The van der Waals surface area contributed by atoms with E-state index in [9.17, 15) is 4.79 Å². The van der Waals surface area contributed by atoms with Gasteiger partial charge in [0.15, 0.2) is 11.0 Å². The lowest BCUT2D eigenvalue weighted by Gasteiger charge is -2.24. The lowest BCUT2D eigenvalue weighted by atomic mass is 9.95. The third-order valence-electron chi connectivity index (χ3n) is 6.24. The van der Waals surface area contributed by atoms with Gasteiger partial charge in [0.25, 0.3) is 0 Å². The average Bonchev–Trinajstić information content (AvgIpc) is 3.28. The van der Waals surface area contributed by atoms with Crippen molar-refractivity contribution in [3.63, 3.8) is 0 Å². The van der Waals surface area contributed by atoms with Gasteiger partial charge in [0.2, 0.25) is 5.91 Å². The van der Waals surface area contributed by atoms with Crippen LogP contribution in [-0.4, -0.2) is 45.7 Å². The zero-order chi connectivity index (χ0) is 24.5. The number of methoxy groups -OCH3 is 1. The van der Waals surface area contributed by atoms with Crippen molar-refractivity contribution < 1.29 is 14.3 Å². The first-order valence-corrected chi connectivity index (χ1v) is 13.2. The number of para-hydroxylation sites is 1. The zero-order valence-corrected chi connectivity index (χ0v) is 21.3. The van der Waals surface area contributed by atoms with E-state index in [-0.39, 0.29) is 17.8 Å². The lowest BCUT2D eigenvalue weighted by molar-refractivity contribution is -0.121. The Kier molecular flexibility index (Phi) is 9.20. The first kappa shape index (κ1) is 25.3. The first-order valence-electron chi connectivity index (χ1n) is 12.3. The second kappa shape index (κ2) is 12.7. The van der Waals surface area contributed by atoms with Gasteiger partial charge in [0.05, 0.1) is 11.9 Å². The molecule has 0 spiro atoms. The van der Waals surface area contributed by atoms with Gasteiger partial charge in [0.1, 0.15) is 12.4 Å². The third kappa shape index (κ3) is 6.86. The summed E-state index contributed by atoms with van der Waals surface area (Å²) in [5.41, 5.74) is 2.12. The molecule has 0 radical (unpaired) electrons. The maximum Gasteiger partial charge on any atom is 0.233 e. The zero-order valence-electron chi connectivity index (χ0n) is 20.5. The van der Waals surface area contributed by atoms with E-state index in [4.69, 9.17) is 9.47 Å².